The minimum atomic E-state index is 0.671. The molecule has 0 bridgehead atoms. The molecule has 0 heterocycles. The van der Waals surface area contributed by atoms with Gasteiger partial charge in [0.05, 0.1) is 27.4 Å². The maximum Gasteiger partial charge on any atom is 0.161 e. The molecule has 0 N–H and O–H groups in total. The summed E-state index contributed by atoms with van der Waals surface area (Å²) in [4.78, 5) is 0. The summed E-state index contributed by atoms with van der Waals surface area (Å²) in [5.74, 6) is 3.18. The largest absolute Gasteiger partial charge is 0.493 e. The van der Waals surface area contributed by atoms with E-state index in [9.17, 15) is 0 Å². The summed E-state index contributed by atoms with van der Waals surface area (Å²) in [5, 5.41) is 0. The molecule has 0 unspecified atom stereocenters. The van der Waals surface area contributed by atoms with Crippen molar-refractivity contribution in [1.29, 1.82) is 0 Å². The van der Waals surface area contributed by atoms with Gasteiger partial charge in [-0.05, 0) is 38.1 Å². The second-order valence-electron chi connectivity index (χ2n) is 4.17. The van der Waals surface area contributed by atoms with Crippen LogP contribution in [0.25, 0.3) is 0 Å². The Bertz CT molecular complexity index is 492. The molecule has 4 nitrogen and oxygen atoms in total. The summed E-state index contributed by atoms with van der Waals surface area (Å²) in [7, 11) is 3.25. The third-order valence-corrected chi connectivity index (χ3v) is 2.74. The van der Waals surface area contributed by atoms with Crippen LogP contribution in [-0.2, 0) is 0 Å². The molecule has 22 heavy (non-hydrogen) atoms. The summed E-state index contributed by atoms with van der Waals surface area (Å²) in [6.07, 6.45) is 0. The molecular weight excluding hydrogens is 280 g/mol. The Labute approximate surface area is 132 Å². The topological polar surface area (TPSA) is 36.9 Å². The lowest BCUT2D eigenvalue weighted by Crippen LogP contribution is -1.97. The van der Waals surface area contributed by atoms with Crippen LogP contribution in [0.3, 0.4) is 0 Å². The molecule has 0 fully saturated rings. The van der Waals surface area contributed by atoms with Crippen LogP contribution >= 0.6 is 0 Å². The molecule has 4 heteroatoms. The van der Waals surface area contributed by atoms with Gasteiger partial charge in [-0.25, -0.2) is 0 Å². The van der Waals surface area contributed by atoms with Crippen LogP contribution in [0.2, 0.25) is 0 Å². The molecule has 120 valence electrons. The lowest BCUT2D eigenvalue weighted by molar-refractivity contribution is 0.288. The van der Waals surface area contributed by atoms with Crippen molar-refractivity contribution in [2.75, 3.05) is 27.4 Å². The van der Waals surface area contributed by atoms with Crippen molar-refractivity contribution in [1.82, 2.24) is 0 Å². The molecule has 0 amide bonds. The Morgan fingerprint density at radius 3 is 1.18 bits per heavy atom. The molecule has 0 spiro atoms. The highest BCUT2D eigenvalue weighted by Crippen LogP contribution is 2.26. The van der Waals surface area contributed by atoms with E-state index in [1.165, 1.54) is 0 Å². The van der Waals surface area contributed by atoms with Gasteiger partial charge in [-0.1, -0.05) is 24.3 Å². The van der Waals surface area contributed by atoms with Crippen LogP contribution < -0.4 is 18.9 Å². The van der Waals surface area contributed by atoms with Crippen LogP contribution in [0.4, 0.5) is 0 Å². The number of benzene rings is 2. The first-order chi connectivity index (χ1) is 10.8. The highest BCUT2D eigenvalue weighted by atomic mass is 16.5. The fraction of sp³-hybridized carbons (Fsp3) is 0.333. The molecule has 0 radical (unpaired) electrons. The zero-order valence-corrected chi connectivity index (χ0v) is 13.7. The van der Waals surface area contributed by atoms with Gasteiger partial charge >= 0.3 is 0 Å². The maximum atomic E-state index is 5.36. The van der Waals surface area contributed by atoms with E-state index in [0.29, 0.717) is 13.2 Å². The van der Waals surface area contributed by atoms with Crippen LogP contribution in [0.15, 0.2) is 48.5 Å². The van der Waals surface area contributed by atoms with Crippen molar-refractivity contribution >= 4 is 0 Å². The van der Waals surface area contributed by atoms with Crippen molar-refractivity contribution in [3.05, 3.63) is 48.5 Å². The Kier molecular flexibility index (Phi) is 8.35. The Morgan fingerprint density at radius 1 is 0.591 bits per heavy atom. The van der Waals surface area contributed by atoms with E-state index in [1.807, 2.05) is 62.4 Å². The van der Waals surface area contributed by atoms with Gasteiger partial charge in [0.15, 0.2) is 23.0 Å². The average Bonchev–Trinajstić information content (AvgIpc) is 2.57. The number of rotatable bonds is 6. The van der Waals surface area contributed by atoms with Gasteiger partial charge in [0.25, 0.3) is 0 Å². The zero-order valence-electron chi connectivity index (χ0n) is 13.7. The molecule has 0 aliphatic rings. The van der Waals surface area contributed by atoms with E-state index in [-0.39, 0.29) is 0 Å². The van der Waals surface area contributed by atoms with E-state index in [4.69, 9.17) is 18.9 Å². The molecule has 0 aliphatic heterocycles. The highest BCUT2D eigenvalue weighted by molar-refractivity contribution is 5.39. The summed E-state index contributed by atoms with van der Waals surface area (Å²) >= 11 is 0. The molecule has 2 aromatic rings. The maximum absolute atomic E-state index is 5.36. The minimum absolute atomic E-state index is 0.671. The van der Waals surface area contributed by atoms with Crippen molar-refractivity contribution < 1.29 is 18.9 Å². The Balaban J connectivity index is 0.000000224. The summed E-state index contributed by atoms with van der Waals surface area (Å²) in [5.41, 5.74) is 0. The number of methoxy groups -OCH3 is 2. The van der Waals surface area contributed by atoms with E-state index >= 15 is 0 Å². The molecule has 2 aromatic carbocycles. The minimum Gasteiger partial charge on any atom is -0.493 e. The second kappa shape index (κ2) is 10.4. The summed E-state index contributed by atoms with van der Waals surface area (Å²) < 4.78 is 20.8. The second-order valence-corrected chi connectivity index (χ2v) is 4.17. The van der Waals surface area contributed by atoms with Crippen LogP contribution in [0.5, 0.6) is 23.0 Å². The van der Waals surface area contributed by atoms with Crippen LogP contribution in [0, 0.1) is 0 Å². The number of hydrogen-bond donors (Lipinski definition) is 0. The number of ether oxygens (including phenoxy) is 4. The fourth-order valence-corrected chi connectivity index (χ4v) is 1.79. The molecular formula is C18H24O4. The third-order valence-electron chi connectivity index (χ3n) is 2.74. The molecule has 2 rings (SSSR count). The normalized spacial score (nSPS) is 9.27. The van der Waals surface area contributed by atoms with Crippen molar-refractivity contribution in [3.8, 4) is 23.0 Å². The monoisotopic (exact) mass is 304 g/mol. The number of hydrogen-bond acceptors (Lipinski definition) is 4. The predicted molar refractivity (Wildman–Crippen MR) is 88.3 cm³/mol. The van der Waals surface area contributed by atoms with E-state index in [0.717, 1.165) is 23.0 Å². The van der Waals surface area contributed by atoms with Crippen LogP contribution in [0.1, 0.15) is 13.8 Å². The van der Waals surface area contributed by atoms with E-state index < -0.39 is 0 Å². The third kappa shape index (κ3) is 5.56. The van der Waals surface area contributed by atoms with Gasteiger partial charge in [0.2, 0.25) is 0 Å². The first kappa shape index (κ1) is 17.7. The summed E-state index contributed by atoms with van der Waals surface area (Å²) in [6, 6.07) is 15.2. The molecule has 0 saturated carbocycles. The van der Waals surface area contributed by atoms with Crippen molar-refractivity contribution in [3.63, 3.8) is 0 Å². The first-order valence-electron chi connectivity index (χ1n) is 7.28. The van der Waals surface area contributed by atoms with Gasteiger partial charge in [-0.15, -0.1) is 0 Å². The zero-order chi connectivity index (χ0) is 16.2. The lowest BCUT2D eigenvalue weighted by atomic mass is 10.3. The Hall–Kier alpha value is -2.36. The van der Waals surface area contributed by atoms with Crippen molar-refractivity contribution in [2.45, 2.75) is 13.8 Å². The van der Waals surface area contributed by atoms with Gasteiger partial charge in [-0.3, -0.25) is 0 Å². The van der Waals surface area contributed by atoms with Gasteiger partial charge < -0.3 is 18.9 Å². The number of para-hydroxylation sites is 4. The Morgan fingerprint density at radius 2 is 0.909 bits per heavy atom. The van der Waals surface area contributed by atoms with Gasteiger partial charge in [-0.2, -0.15) is 0 Å². The SMILES string of the molecule is CCOc1ccccc1OCC.COc1ccccc1OC. The smallest absolute Gasteiger partial charge is 0.161 e. The first-order valence-corrected chi connectivity index (χ1v) is 7.28. The molecule has 0 saturated heterocycles. The molecule has 0 atom stereocenters. The molecule has 0 aliphatic carbocycles. The van der Waals surface area contributed by atoms with Crippen molar-refractivity contribution in [2.24, 2.45) is 0 Å². The molecule has 0 aromatic heterocycles. The average molecular weight is 304 g/mol. The quantitative estimate of drug-likeness (QED) is 0.802. The predicted octanol–water partition coefficient (Wildman–Crippen LogP) is 4.19. The highest BCUT2D eigenvalue weighted by Gasteiger charge is 2.00. The van der Waals surface area contributed by atoms with Crippen LogP contribution in [-0.4, -0.2) is 27.4 Å². The fourth-order valence-electron chi connectivity index (χ4n) is 1.79. The van der Waals surface area contributed by atoms with E-state index in [1.54, 1.807) is 14.2 Å². The van der Waals surface area contributed by atoms with Gasteiger partial charge in [0, 0.05) is 0 Å². The summed E-state index contributed by atoms with van der Waals surface area (Å²) in [6.45, 7) is 5.26. The lowest BCUT2D eigenvalue weighted by Gasteiger charge is -2.09. The standard InChI is InChI=1S/C10H14O2.C8H10O2/c1-3-11-9-7-5-6-8-10(9)12-4-2;1-9-7-5-3-4-6-8(7)10-2/h5-8H,3-4H2,1-2H3;3-6H,1-2H3. The van der Waals surface area contributed by atoms with Gasteiger partial charge in [0.1, 0.15) is 0 Å². The van der Waals surface area contributed by atoms with E-state index in [2.05, 4.69) is 0 Å².